The van der Waals surface area contributed by atoms with E-state index >= 15 is 0 Å². The van der Waals surface area contributed by atoms with E-state index < -0.39 is 5.97 Å². The van der Waals surface area contributed by atoms with Crippen LogP contribution in [-0.4, -0.2) is 34.5 Å². The molecule has 1 N–H and O–H groups in total. The lowest BCUT2D eigenvalue weighted by Crippen LogP contribution is -2.36. The van der Waals surface area contributed by atoms with Crippen LogP contribution in [-0.2, 0) is 4.79 Å². The fourth-order valence-electron chi connectivity index (χ4n) is 2.97. The van der Waals surface area contributed by atoms with Crippen molar-refractivity contribution in [3.05, 3.63) is 46.7 Å². The molecule has 1 unspecified atom stereocenters. The Morgan fingerprint density at radius 2 is 2.00 bits per heavy atom. The number of hydrogen-bond acceptors (Lipinski definition) is 3. The van der Waals surface area contributed by atoms with Gasteiger partial charge in [0.05, 0.1) is 11.3 Å². The zero-order chi connectivity index (χ0) is 15.5. The number of carbonyl (C=O) groups excluding carboxylic acids is 1. The van der Waals surface area contributed by atoms with E-state index in [4.69, 9.17) is 5.11 Å². The molecule has 5 heteroatoms. The van der Waals surface area contributed by atoms with Crippen molar-refractivity contribution in [2.75, 3.05) is 6.54 Å². The SMILES string of the molecule is O=C(O)CC1CCCN1C(=O)c1sccc1-c1ccccc1. The third-order valence-electron chi connectivity index (χ3n) is 3.99. The summed E-state index contributed by atoms with van der Waals surface area (Å²) in [5.41, 5.74) is 1.94. The van der Waals surface area contributed by atoms with E-state index in [-0.39, 0.29) is 18.4 Å². The first-order chi connectivity index (χ1) is 10.7. The first-order valence-electron chi connectivity index (χ1n) is 7.32. The lowest BCUT2D eigenvalue weighted by molar-refractivity contribution is -0.137. The molecular formula is C17H17NO3S. The minimum absolute atomic E-state index is 0.0256. The van der Waals surface area contributed by atoms with Gasteiger partial charge in [-0.05, 0) is 29.9 Å². The van der Waals surface area contributed by atoms with Crippen molar-refractivity contribution in [3.63, 3.8) is 0 Å². The molecule has 1 aliphatic heterocycles. The number of thiophene rings is 1. The smallest absolute Gasteiger partial charge is 0.305 e. The van der Waals surface area contributed by atoms with E-state index in [9.17, 15) is 9.59 Å². The molecule has 0 aliphatic carbocycles. The Kier molecular flexibility index (Phi) is 4.24. The van der Waals surface area contributed by atoms with Crippen molar-refractivity contribution in [1.29, 1.82) is 0 Å². The summed E-state index contributed by atoms with van der Waals surface area (Å²) in [6.07, 6.45) is 1.66. The zero-order valence-corrected chi connectivity index (χ0v) is 12.9. The molecule has 1 saturated heterocycles. The van der Waals surface area contributed by atoms with Crippen LogP contribution >= 0.6 is 11.3 Å². The van der Waals surface area contributed by atoms with Crippen molar-refractivity contribution in [2.24, 2.45) is 0 Å². The van der Waals surface area contributed by atoms with Gasteiger partial charge in [0, 0.05) is 18.2 Å². The van der Waals surface area contributed by atoms with Crippen LogP contribution in [0.25, 0.3) is 11.1 Å². The average Bonchev–Trinajstić information content (AvgIpc) is 3.16. The Hall–Kier alpha value is -2.14. The van der Waals surface area contributed by atoms with Crippen LogP contribution in [0.4, 0.5) is 0 Å². The first kappa shape index (κ1) is 14.8. The highest BCUT2D eigenvalue weighted by Crippen LogP contribution is 2.32. The molecule has 2 aromatic rings. The summed E-state index contributed by atoms with van der Waals surface area (Å²) in [4.78, 5) is 26.2. The van der Waals surface area contributed by atoms with Crippen molar-refractivity contribution in [2.45, 2.75) is 25.3 Å². The summed E-state index contributed by atoms with van der Waals surface area (Å²) < 4.78 is 0. The van der Waals surface area contributed by atoms with Gasteiger partial charge in [-0.15, -0.1) is 11.3 Å². The number of nitrogens with zero attached hydrogens (tertiary/aromatic N) is 1. The van der Waals surface area contributed by atoms with E-state index in [0.717, 1.165) is 24.0 Å². The maximum atomic E-state index is 12.8. The number of amides is 1. The first-order valence-corrected chi connectivity index (χ1v) is 8.20. The van der Waals surface area contributed by atoms with E-state index in [1.54, 1.807) is 4.90 Å². The number of benzene rings is 1. The Labute approximate surface area is 133 Å². The third-order valence-corrected chi connectivity index (χ3v) is 4.89. The standard InChI is InChI=1S/C17H17NO3S/c19-15(20)11-13-7-4-9-18(13)17(21)16-14(8-10-22-16)12-5-2-1-3-6-12/h1-3,5-6,8,10,13H,4,7,9,11H2,(H,19,20). The van der Waals surface area contributed by atoms with Crippen LogP contribution in [0, 0.1) is 0 Å². The number of carbonyl (C=O) groups is 2. The molecule has 1 atom stereocenters. The topological polar surface area (TPSA) is 57.6 Å². The van der Waals surface area contributed by atoms with Crippen LogP contribution in [0.3, 0.4) is 0 Å². The minimum atomic E-state index is -0.848. The highest BCUT2D eigenvalue weighted by atomic mass is 32.1. The lowest BCUT2D eigenvalue weighted by Gasteiger charge is -2.23. The number of likely N-dealkylation sites (tertiary alicyclic amines) is 1. The molecule has 0 radical (unpaired) electrons. The van der Waals surface area contributed by atoms with Crippen LogP contribution < -0.4 is 0 Å². The molecule has 4 nitrogen and oxygen atoms in total. The maximum Gasteiger partial charge on any atom is 0.305 e. The monoisotopic (exact) mass is 315 g/mol. The third kappa shape index (κ3) is 2.90. The van der Waals surface area contributed by atoms with Crippen molar-refractivity contribution >= 4 is 23.2 Å². The minimum Gasteiger partial charge on any atom is -0.481 e. The van der Waals surface area contributed by atoms with Gasteiger partial charge in [-0.1, -0.05) is 30.3 Å². The fraction of sp³-hybridized carbons (Fsp3) is 0.294. The molecule has 1 fully saturated rings. The van der Waals surface area contributed by atoms with Crippen molar-refractivity contribution < 1.29 is 14.7 Å². The van der Waals surface area contributed by atoms with Gasteiger partial charge in [0.15, 0.2) is 0 Å². The molecule has 1 aliphatic rings. The summed E-state index contributed by atoms with van der Waals surface area (Å²) in [6, 6.07) is 11.6. The molecule has 0 spiro atoms. The predicted molar refractivity (Wildman–Crippen MR) is 86.1 cm³/mol. The summed E-state index contributed by atoms with van der Waals surface area (Å²) in [6.45, 7) is 0.642. The van der Waals surface area contributed by atoms with Crippen LogP contribution in [0.15, 0.2) is 41.8 Å². The molecule has 1 aromatic heterocycles. The predicted octanol–water partition coefficient (Wildman–Crippen LogP) is 3.49. The van der Waals surface area contributed by atoms with Gasteiger partial charge in [-0.25, -0.2) is 0 Å². The second-order valence-electron chi connectivity index (χ2n) is 5.42. The Morgan fingerprint density at radius 3 is 2.73 bits per heavy atom. The highest BCUT2D eigenvalue weighted by molar-refractivity contribution is 7.12. The summed E-state index contributed by atoms with van der Waals surface area (Å²) in [7, 11) is 0. The van der Waals surface area contributed by atoms with Gasteiger partial charge in [0.25, 0.3) is 5.91 Å². The van der Waals surface area contributed by atoms with Gasteiger partial charge in [-0.2, -0.15) is 0 Å². The van der Waals surface area contributed by atoms with Gasteiger partial charge in [0.1, 0.15) is 0 Å². The van der Waals surface area contributed by atoms with Crippen LogP contribution in [0.2, 0.25) is 0 Å². The largest absolute Gasteiger partial charge is 0.481 e. The highest BCUT2D eigenvalue weighted by Gasteiger charge is 2.32. The second kappa shape index (κ2) is 6.32. The average molecular weight is 315 g/mol. The van der Waals surface area contributed by atoms with Gasteiger partial charge < -0.3 is 10.0 Å². The normalized spacial score (nSPS) is 17.6. The van der Waals surface area contributed by atoms with Gasteiger partial charge in [-0.3, -0.25) is 9.59 Å². The lowest BCUT2D eigenvalue weighted by atomic mass is 10.1. The number of aliphatic carboxylic acids is 1. The fourth-order valence-corrected chi connectivity index (χ4v) is 3.84. The molecular weight excluding hydrogens is 298 g/mol. The Balaban J connectivity index is 1.87. The summed E-state index contributed by atoms with van der Waals surface area (Å²) in [5, 5.41) is 10.9. The Bertz CT molecular complexity index is 680. The van der Waals surface area contributed by atoms with E-state index in [1.807, 2.05) is 41.8 Å². The molecule has 0 bridgehead atoms. The summed E-state index contributed by atoms with van der Waals surface area (Å²) >= 11 is 1.42. The quantitative estimate of drug-likeness (QED) is 0.939. The van der Waals surface area contributed by atoms with Gasteiger partial charge in [0.2, 0.25) is 0 Å². The van der Waals surface area contributed by atoms with E-state index in [1.165, 1.54) is 11.3 Å². The Morgan fingerprint density at radius 1 is 1.23 bits per heavy atom. The molecule has 1 aromatic carbocycles. The molecule has 2 heterocycles. The molecule has 22 heavy (non-hydrogen) atoms. The van der Waals surface area contributed by atoms with E-state index in [2.05, 4.69) is 0 Å². The van der Waals surface area contributed by atoms with E-state index in [0.29, 0.717) is 11.4 Å². The molecule has 0 saturated carbocycles. The molecule has 114 valence electrons. The molecule has 3 rings (SSSR count). The summed E-state index contributed by atoms with van der Waals surface area (Å²) in [5.74, 6) is -0.892. The van der Waals surface area contributed by atoms with Crippen LogP contribution in [0.5, 0.6) is 0 Å². The zero-order valence-electron chi connectivity index (χ0n) is 12.1. The maximum absolute atomic E-state index is 12.8. The van der Waals surface area contributed by atoms with Gasteiger partial charge >= 0.3 is 5.97 Å². The van der Waals surface area contributed by atoms with Crippen LogP contribution in [0.1, 0.15) is 28.9 Å². The number of carboxylic acids is 1. The number of rotatable bonds is 4. The molecule has 1 amide bonds. The second-order valence-corrected chi connectivity index (χ2v) is 6.34. The van der Waals surface area contributed by atoms with Crippen molar-refractivity contribution in [1.82, 2.24) is 4.90 Å². The number of hydrogen-bond donors (Lipinski definition) is 1. The number of carboxylic acid groups (broad SMARTS) is 1. The van der Waals surface area contributed by atoms with Crippen molar-refractivity contribution in [3.8, 4) is 11.1 Å².